The molecule has 1 aliphatic heterocycles. The fourth-order valence-electron chi connectivity index (χ4n) is 2.17. The van der Waals surface area contributed by atoms with Crippen LogP contribution in [0.25, 0.3) is 0 Å². The highest BCUT2D eigenvalue weighted by Crippen LogP contribution is 2.39. The zero-order valence-corrected chi connectivity index (χ0v) is 9.44. The van der Waals surface area contributed by atoms with Crippen molar-refractivity contribution in [2.75, 3.05) is 6.61 Å². The summed E-state index contributed by atoms with van der Waals surface area (Å²) in [6, 6.07) is 8.40. The number of ether oxygens (including phenoxy) is 1. The first kappa shape index (κ1) is 10.3. The predicted molar refractivity (Wildman–Crippen MR) is 63.3 cm³/mol. The lowest BCUT2D eigenvalue weighted by Crippen LogP contribution is -2.10. The van der Waals surface area contributed by atoms with E-state index >= 15 is 0 Å². The summed E-state index contributed by atoms with van der Waals surface area (Å²) in [5.41, 5.74) is 1.38. The van der Waals surface area contributed by atoms with Gasteiger partial charge >= 0.3 is 0 Å². The fourth-order valence-corrected chi connectivity index (χ4v) is 2.17. The molecule has 0 aromatic heterocycles. The maximum Gasteiger partial charge on any atom is 0.122 e. The number of benzene rings is 1. The average Bonchev–Trinajstić information content (AvgIpc) is 2.69. The Morgan fingerprint density at radius 3 is 3.07 bits per heavy atom. The van der Waals surface area contributed by atoms with E-state index in [4.69, 9.17) is 4.74 Å². The summed E-state index contributed by atoms with van der Waals surface area (Å²) >= 11 is 0. The molecule has 0 N–H and O–H groups in total. The molecule has 0 saturated carbocycles. The minimum absolute atomic E-state index is 0.567. The van der Waals surface area contributed by atoms with Gasteiger partial charge < -0.3 is 4.74 Å². The Bertz CT molecular complexity index is 354. The molecule has 0 radical (unpaired) electrons. The molecule has 0 saturated heterocycles. The Labute approximate surface area is 91.8 Å². The van der Waals surface area contributed by atoms with E-state index < -0.39 is 0 Å². The SMILES string of the molecule is C/C=C/CC(C)C1COc2ccccc21. The third-order valence-electron chi connectivity index (χ3n) is 3.17. The zero-order valence-electron chi connectivity index (χ0n) is 9.44. The molecule has 0 bridgehead atoms. The molecule has 1 aromatic rings. The van der Waals surface area contributed by atoms with Crippen LogP contribution in [0.1, 0.15) is 31.7 Å². The van der Waals surface area contributed by atoms with Gasteiger partial charge in [-0.3, -0.25) is 0 Å². The minimum Gasteiger partial charge on any atom is -0.493 e. The summed E-state index contributed by atoms with van der Waals surface area (Å²) in [7, 11) is 0. The second-order valence-electron chi connectivity index (χ2n) is 4.24. The largest absolute Gasteiger partial charge is 0.493 e. The van der Waals surface area contributed by atoms with Gasteiger partial charge in [0.15, 0.2) is 0 Å². The first-order chi connectivity index (χ1) is 7.33. The van der Waals surface area contributed by atoms with Crippen LogP contribution in [0.5, 0.6) is 5.75 Å². The van der Waals surface area contributed by atoms with Crippen LogP contribution < -0.4 is 4.74 Å². The number of rotatable bonds is 3. The molecular weight excluding hydrogens is 184 g/mol. The monoisotopic (exact) mass is 202 g/mol. The second-order valence-corrected chi connectivity index (χ2v) is 4.24. The lowest BCUT2D eigenvalue weighted by molar-refractivity contribution is 0.297. The highest BCUT2D eigenvalue weighted by molar-refractivity contribution is 5.39. The molecule has 0 aliphatic carbocycles. The molecule has 15 heavy (non-hydrogen) atoms. The lowest BCUT2D eigenvalue weighted by Gasteiger charge is -2.16. The molecule has 1 nitrogen and oxygen atoms in total. The Kier molecular flexibility index (Phi) is 3.10. The van der Waals surface area contributed by atoms with E-state index in [0.717, 1.165) is 18.8 Å². The maximum atomic E-state index is 5.69. The first-order valence-corrected chi connectivity index (χ1v) is 5.65. The smallest absolute Gasteiger partial charge is 0.122 e. The van der Waals surface area contributed by atoms with Crippen LogP contribution in [-0.4, -0.2) is 6.61 Å². The predicted octanol–water partition coefficient (Wildman–Crippen LogP) is 3.76. The lowest BCUT2D eigenvalue weighted by atomic mass is 9.87. The second kappa shape index (κ2) is 4.52. The molecular formula is C14H18O. The quantitative estimate of drug-likeness (QED) is 0.678. The Morgan fingerprint density at radius 1 is 1.47 bits per heavy atom. The van der Waals surface area contributed by atoms with Crippen molar-refractivity contribution in [3.8, 4) is 5.75 Å². The van der Waals surface area contributed by atoms with Gasteiger partial charge in [-0.25, -0.2) is 0 Å². The van der Waals surface area contributed by atoms with Crippen LogP contribution >= 0.6 is 0 Å². The van der Waals surface area contributed by atoms with Crippen molar-refractivity contribution in [1.29, 1.82) is 0 Å². The topological polar surface area (TPSA) is 9.23 Å². The van der Waals surface area contributed by atoms with Crippen molar-refractivity contribution in [3.05, 3.63) is 42.0 Å². The van der Waals surface area contributed by atoms with Gasteiger partial charge in [0.2, 0.25) is 0 Å². The summed E-state index contributed by atoms with van der Waals surface area (Å²) in [5, 5.41) is 0. The molecule has 80 valence electrons. The minimum atomic E-state index is 0.567. The van der Waals surface area contributed by atoms with E-state index in [1.165, 1.54) is 5.56 Å². The Morgan fingerprint density at radius 2 is 2.27 bits per heavy atom. The number of para-hydroxylation sites is 1. The highest BCUT2D eigenvalue weighted by Gasteiger charge is 2.27. The van der Waals surface area contributed by atoms with E-state index in [9.17, 15) is 0 Å². The van der Waals surface area contributed by atoms with Crippen molar-refractivity contribution >= 4 is 0 Å². The molecule has 2 unspecified atom stereocenters. The fraction of sp³-hybridized carbons (Fsp3) is 0.429. The van der Waals surface area contributed by atoms with Crippen molar-refractivity contribution in [2.24, 2.45) is 5.92 Å². The Hall–Kier alpha value is -1.24. The maximum absolute atomic E-state index is 5.69. The zero-order chi connectivity index (χ0) is 10.7. The standard InChI is InChI=1S/C14H18O/c1-3-4-7-11(2)13-10-15-14-9-6-5-8-12(13)14/h3-6,8-9,11,13H,7,10H2,1-2H3/b4-3+. The van der Waals surface area contributed by atoms with Gasteiger partial charge in [0.05, 0.1) is 6.61 Å². The average molecular weight is 202 g/mol. The summed E-state index contributed by atoms with van der Waals surface area (Å²) in [5.74, 6) is 2.30. The van der Waals surface area contributed by atoms with Gasteiger partial charge in [0.25, 0.3) is 0 Å². The van der Waals surface area contributed by atoms with Crippen molar-refractivity contribution in [1.82, 2.24) is 0 Å². The number of fused-ring (bicyclic) bond motifs is 1. The van der Waals surface area contributed by atoms with E-state index in [1.807, 2.05) is 6.07 Å². The number of allylic oxidation sites excluding steroid dienone is 2. The van der Waals surface area contributed by atoms with Gasteiger partial charge in [0, 0.05) is 11.5 Å². The molecule has 0 fully saturated rings. The normalized spacial score (nSPS) is 21.3. The van der Waals surface area contributed by atoms with E-state index in [2.05, 4.69) is 44.2 Å². The van der Waals surface area contributed by atoms with Crippen LogP contribution in [0.3, 0.4) is 0 Å². The van der Waals surface area contributed by atoms with Gasteiger partial charge in [-0.15, -0.1) is 0 Å². The highest BCUT2D eigenvalue weighted by atomic mass is 16.5. The van der Waals surface area contributed by atoms with Gasteiger partial charge in [-0.1, -0.05) is 37.3 Å². The summed E-state index contributed by atoms with van der Waals surface area (Å²) in [6.07, 6.45) is 5.50. The molecule has 1 heteroatoms. The van der Waals surface area contributed by atoms with Crippen molar-refractivity contribution < 1.29 is 4.74 Å². The van der Waals surface area contributed by atoms with E-state index in [1.54, 1.807) is 0 Å². The molecule has 1 heterocycles. The molecule has 1 aromatic carbocycles. The summed E-state index contributed by atoms with van der Waals surface area (Å²) in [6.45, 7) is 5.22. The first-order valence-electron chi connectivity index (χ1n) is 5.65. The van der Waals surface area contributed by atoms with E-state index in [-0.39, 0.29) is 0 Å². The third-order valence-corrected chi connectivity index (χ3v) is 3.17. The van der Waals surface area contributed by atoms with Gasteiger partial charge in [-0.2, -0.15) is 0 Å². The molecule has 2 atom stereocenters. The Balaban J connectivity index is 2.13. The van der Waals surface area contributed by atoms with E-state index in [0.29, 0.717) is 11.8 Å². The van der Waals surface area contributed by atoms with Crippen molar-refractivity contribution in [3.63, 3.8) is 0 Å². The van der Waals surface area contributed by atoms with Crippen molar-refractivity contribution in [2.45, 2.75) is 26.2 Å². The molecule has 2 rings (SSSR count). The number of hydrogen-bond donors (Lipinski definition) is 0. The van der Waals surface area contributed by atoms with Gasteiger partial charge in [-0.05, 0) is 25.3 Å². The van der Waals surface area contributed by atoms with Crippen LogP contribution in [0.2, 0.25) is 0 Å². The molecule has 1 aliphatic rings. The molecule has 0 amide bonds. The summed E-state index contributed by atoms with van der Waals surface area (Å²) in [4.78, 5) is 0. The van der Waals surface area contributed by atoms with Crippen LogP contribution in [0.15, 0.2) is 36.4 Å². The van der Waals surface area contributed by atoms with Crippen LogP contribution in [0, 0.1) is 5.92 Å². The van der Waals surface area contributed by atoms with Crippen LogP contribution in [-0.2, 0) is 0 Å². The molecule has 0 spiro atoms. The summed E-state index contributed by atoms with van der Waals surface area (Å²) < 4.78 is 5.69. The number of hydrogen-bond acceptors (Lipinski definition) is 1. The van der Waals surface area contributed by atoms with Crippen LogP contribution in [0.4, 0.5) is 0 Å². The third kappa shape index (κ3) is 2.06. The van der Waals surface area contributed by atoms with Gasteiger partial charge in [0.1, 0.15) is 5.75 Å².